The van der Waals surface area contributed by atoms with Gasteiger partial charge in [-0.25, -0.2) is 4.79 Å². The predicted octanol–water partition coefficient (Wildman–Crippen LogP) is 2.19. The van der Waals surface area contributed by atoms with Crippen molar-refractivity contribution in [2.45, 2.75) is 25.7 Å². The molecule has 1 aromatic rings. The van der Waals surface area contributed by atoms with Crippen molar-refractivity contribution in [2.24, 2.45) is 5.92 Å². The number of ether oxygens (including phenoxy) is 3. The summed E-state index contributed by atoms with van der Waals surface area (Å²) in [7, 11) is 3.39. The first-order valence-electron chi connectivity index (χ1n) is 7.33. The van der Waals surface area contributed by atoms with E-state index in [0.29, 0.717) is 18.1 Å². The van der Waals surface area contributed by atoms with Crippen LogP contribution in [0.25, 0.3) is 0 Å². The molecule has 0 aliphatic carbocycles. The molecule has 0 amide bonds. The van der Waals surface area contributed by atoms with Crippen LogP contribution in [0.5, 0.6) is 0 Å². The number of fused-ring (bicyclic) bond motifs is 1. The van der Waals surface area contributed by atoms with E-state index < -0.39 is 0 Å². The quantitative estimate of drug-likeness (QED) is 0.628. The van der Waals surface area contributed by atoms with Crippen molar-refractivity contribution < 1.29 is 19.0 Å². The van der Waals surface area contributed by atoms with Gasteiger partial charge in [-0.1, -0.05) is 0 Å². The van der Waals surface area contributed by atoms with Gasteiger partial charge in [0.2, 0.25) is 0 Å². The van der Waals surface area contributed by atoms with Gasteiger partial charge in [0.1, 0.15) is 6.61 Å². The lowest BCUT2D eigenvalue weighted by Crippen LogP contribution is -2.39. The first kappa shape index (κ1) is 14.4. The minimum Gasteiger partial charge on any atom is -0.457 e. The maximum absolute atomic E-state index is 11.5. The molecule has 0 radical (unpaired) electrons. The van der Waals surface area contributed by atoms with E-state index in [4.69, 9.17) is 14.2 Å². The Morgan fingerprint density at radius 3 is 2.62 bits per heavy atom. The van der Waals surface area contributed by atoms with Crippen LogP contribution in [0.15, 0.2) is 18.2 Å². The van der Waals surface area contributed by atoms with Crippen LogP contribution in [-0.2, 0) is 20.8 Å². The molecule has 3 rings (SSSR count). The van der Waals surface area contributed by atoms with Gasteiger partial charge in [-0.05, 0) is 31.0 Å². The van der Waals surface area contributed by atoms with Gasteiger partial charge < -0.3 is 19.1 Å². The number of esters is 1. The summed E-state index contributed by atoms with van der Waals surface area (Å²) in [6.07, 6.45) is 1.97. The Morgan fingerprint density at radius 2 is 1.95 bits per heavy atom. The molecule has 0 bridgehead atoms. The largest absolute Gasteiger partial charge is 0.457 e. The van der Waals surface area contributed by atoms with E-state index in [-0.39, 0.29) is 12.3 Å². The molecular weight excluding hydrogens is 270 g/mol. The van der Waals surface area contributed by atoms with Gasteiger partial charge in [0.05, 0.1) is 5.56 Å². The molecule has 1 aromatic carbocycles. The monoisotopic (exact) mass is 291 g/mol. The third-order valence-corrected chi connectivity index (χ3v) is 4.42. The summed E-state index contributed by atoms with van der Waals surface area (Å²) in [5, 5.41) is 0. The Labute approximate surface area is 124 Å². The molecule has 1 fully saturated rings. The number of anilines is 1. The van der Waals surface area contributed by atoms with Crippen LogP contribution in [0.2, 0.25) is 0 Å². The molecule has 2 heterocycles. The number of cyclic esters (lactones) is 1. The van der Waals surface area contributed by atoms with Gasteiger partial charge in [-0.3, -0.25) is 0 Å². The Morgan fingerprint density at radius 1 is 1.24 bits per heavy atom. The molecule has 0 saturated carbocycles. The van der Waals surface area contributed by atoms with E-state index in [1.54, 1.807) is 14.2 Å². The van der Waals surface area contributed by atoms with E-state index in [1.807, 2.05) is 12.1 Å². The standard InChI is InChI=1S/C16H21NO4/c1-19-16(20-2)11-5-7-17(8-6-11)13-3-4-14-12(9-13)10-21-15(14)18/h3-4,9,11,16H,5-8,10H2,1-2H3. The highest BCUT2D eigenvalue weighted by Gasteiger charge is 2.28. The van der Waals surface area contributed by atoms with E-state index in [0.717, 1.165) is 37.2 Å². The van der Waals surface area contributed by atoms with Crippen LogP contribution in [0.4, 0.5) is 5.69 Å². The minimum absolute atomic E-state index is 0.113. The van der Waals surface area contributed by atoms with Gasteiger partial charge in [0, 0.05) is 44.5 Å². The Hall–Kier alpha value is -1.59. The highest BCUT2D eigenvalue weighted by Crippen LogP contribution is 2.30. The van der Waals surface area contributed by atoms with Crippen LogP contribution in [0.1, 0.15) is 28.8 Å². The maximum atomic E-state index is 11.5. The molecule has 0 spiro atoms. The first-order valence-corrected chi connectivity index (χ1v) is 7.33. The maximum Gasteiger partial charge on any atom is 0.338 e. The smallest absolute Gasteiger partial charge is 0.338 e. The highest BCUT2D eigenvalue weighted by atomic mass is 16.7. The lowest BCUT2D eigenvalue weighted by molar-refractivity contribution is -0.141. The third kappa shape index (κ3) is 2.76. The fraction of sp³-hybridized carbons (Fsp3) is 0.562. The number of rotatable bonds is 4. The van der Waals surface area contributed by atoms with E-state index >= 15 is 0 Å². The SMILES string of the molecule is COC(OC)C1CCN(c2ccc3c(c2)COC3=O)CC1. The summed E-state index contributed by atoms with van der Waals surface area (Å²) in [4.78, 5) is 13.8. The normalized spacial score (nSPS) is 19.0. The summed E-state index contributed by atoms with van der Waals surface area (Å²) >= 11 is 0. The zero-order valence-corrected chi connectivity index (χ0v) is 12.5. The lowest BCUT2D eigenvalue weighted by Gasteiger charge is -2.36. The molecule has 5 nitrogen and oxygen atoms in total. The number of hydrogen-bond acceptors (Lipinski definition) is 5. The molecular formula is C16H21NO4. The average molecular weight is 291 g/mol. The molecule has 114 valence electrons. The van der Waals surface area contributed by atoms with Crippen molar-refractivity contribution in [1.29, 1.82) is 0 Å². The molecule has 2 aliphatic rings. The Balaban J connectivity index is 1.66. The van der Waals surface area contributed by atoms with Crippen LogP contribution in [0, 0.1) is 5.92 Å². The number of carbonyl (C=O) groups is 1. The molecule has 0 N–H and O–H groups in total. The molecule has 0 unspecified atom stereocenters. The van der Waals surface area contributed by atoms with Crippen molar-refractivity contribution in [3.63, 3.8) is 0 Å². The number of hydrogen-bond donors (Lipinski definition) is 0. The van der Waals surface area contributed by atoms with Crippen LogP contribution in [0.3, 0.4) is 0 Å². The van der Waals surface area contributed by atoms with E-state index in [9.17, 15) is 4.79 Å². The Bertz CT molecular complexity index is 519. The summed E-state index contributed by atoms with van der Waals surface area (Å²) in [6.45, 7) is 2.34. The van der Waals surface area contributed by atoms with E-state index in [2.05, 4.69) is 11.0 Å². The van der Waals surface area contributed by atoms with Crippen LogP contribution >= 0.6 is 0 Å². The van der Waals surface area contributed by atoms with Gasteiger partial charge in [0.25, 0.3) is 0 Å². The zero-order valence-electron chi connectivity index (χ0n) is 12.5. The highest BCUT2D eigenvalue weighted by molar-refractivity contribution is 5.93. The summed E-state index contributed by atoms with van der Waals surface area (Å²) < 4.78 is 15.8. The van der Waals surface area contributed by atoms with Crippen LogP contribution in [-0.4, -0.2) is 39.6 Å². The number of carbonyl (C=O) groups excluding carboxylic acids is 1. The third-order valence-electron chi connectivity index (χ3n) is 4.42. The van der Waals surface area contributed by atoms with Crippen molar-refractivity contribution in [3.8, 4) is 0 Å². The van der Waals surface area contributed by atoms with Gasteiger partial charge >= 0.3 is 5.97 Å². The molecule has 2 aliphatic heterocycles. The average Bonchev–Trinajstić information content (AvgIpc) is 2.90. The fourth-order valence-corrected chi connectivity index (χ4v) is 3.23. The molecule has 5 heteroatoms. The number of benzene rings is 1. The van der Waals surface area contributed by atoms with E-state index in [1.165, 1.54) is 0 Å². The number of methoxy groups -OCH3 is 2. The lowest BCUT2D eigenvalue weighted by atomic mass is 9.95. The molecule has 1 saturated heterocycles. The molecule has 0 atom stereocenters. The number of piperidine rings is 1. The van der Waals surface area contributed by atoms with Crippen molar-refractivity contribution in [3.05, 3.63) is 29.3 Å². The Kier molecular flexibility index (Phi) is 4.12. The summed E-state index contributed by atoms with van der Waals surface area (Å²) in [6, 6.07) is 5.96. The molecule has 0 aromatic heterocycles. The number of nitrogens with zero attached hydrogens (tertiary/aromatic N) is 1. The second kappa shape index (κ2) is 6.03. The first-order chi connectivity index (χ1) is 10.2. The second-order valence-corrected chi connectivity index (χ2v) is 5.58. The van der Waals surface area contributed by atoms with Gasteiger partial charge in [-0.2, -0.15) is 0 Å². The van der Waals surface area contributed by atoms with Crippen molar-refractivity contribution >= 4 is 11.7 Å². The fourth-order valence-electron chi connectivity index (χ4n) is 3.23. The van der Waals surface area contributed by atoms with Gasteiger partial charge in [-0.15, -0.1) is 0 Å². The predicted molar refractivity (Wildman–Crippen MR) is 78.3 cm³/mol. The second-order valence-electron chi connectivity index (χ2n) is 5.58. The van der Waals surface area contributed by atoms with Gasteiger partial charge in [0.15, 0.2) is 6.29 Å². The van der Waals surface area contributed by atoms with Crippen molar-refractivity contribution in [2.75, 3.05) is 32.2 Å². The van der Waals surface area contributed by atoms with Crippen LogP contribution < -0.4 is 4.90 Å². The minimum atomic E-state index is -0.210. The topological polar surface area (TPSA) is 48.0 Å². The van der Waals surface area contributed by atoms with Crippen molar-refractivity contribution in [1.82, 2.24) is 0 Å². The zero-order chi connectivity index (χ0) is 14.8. The summed E-state index contributed by atoms with van der Waals surface area (Å²) in [5.74, 6) is 0.230. The molecule has 21 heavy (non-hydrogen) atoms. The summed E-state index contributed by atoms with van der Waals surface area (Å²) in [5.41, 5.74) is 2.86.